The van der Waals surface area contributed by atoms with Crippen LogP contribution in [0.1, 0.15) is 12.5 Å². The fourth-order valence-corrected chi connectivity index (χ4v) is 1.29. The first-order valence-corrected chi connectivity index (χ1v) is 5.47. The van der Waals surface area contributed by atoms with Crippen molar-refractivity contribution in [1.29, 1.82) is 0 Å². The van der Waals surface area contributed by atoms with Gasteiger partial charge in [-0.15, -0.1) is 0 Å². The van der Waals surface area contributed by atoms with E-state index >= 15 is 0 Å². The topological polar surface area (TPSA) is 105 Å². The molecule has 0 fully saturated rings. The van der Waals surface area contributed by atoms with Crippen molar-refractivity contribution in [3.05, 3.63) is 29.8 Å². The summed E-state index contributed by atoms with van der Waals surface area (Å²) >= 11 is 0. The molecule has 0 radical (unpaired) electrons. The van der Waals surface area contributed by atoms with Crippen molar-refractivity contribution in [3.8, 4) is 5.75 Å². The van der Waals surface area contributed by atoms with Crippen molar-refractivity contribution in [1.82, 2.24) is 10.9 Å². The molecule has 7 heteroatoms. The molecular weight excluding hydrogens is 252 g/mol. The van der Waals surface area contributed by atoms with E-state index < -0.39 is 17.8 Å². The van der Waals surface area contributed by atoms with Crippen LogP contribution < -0.4 is 15.6 Å². The number of benzene rings is 1. The van der Waals surface area contributed by atoms with Crippen molar-refractivity contribution in [2.45, 2.75) is 13.3 Å². The molecule has 1 aromatic rings. The van der Waals surface area contributed by atoms with Gasteiger partial charge < -0.3 is 9.84 Å². The van der Waals surface area contributed by atoms with E-state index in [1.165, 1.54) is 6.92 Å². The summed E-state index contributed by atoms with van der Waals surface area (Å²) in [5.41, 5.74) is 4.72. The van der Waals surface area contributed by atoms with Crippen molar-refractivity contribution in [2.24, 2.45) is 0 Å². The van der Waals surface area contributed by atoms with Crippen LogP contribution in [0.5, 0.6) is 5.75 Å². The lowest BCUT2D eigenvalue weighted by Gasteiger charge is -2.10. The minimum Gasteiger partial charge on any atom is -0.483 e. The summed E-state index contributed by atoms with van der Waals surface area (Å²) in [5, 5.41) is 8.73. The highest BCUT2D eigenvalue weighted by molar-refractivity contribution is 5.81. The molecule has 102 valence electrons. The maximum atomic E-state index is 11.3. The van der Waals surface area contributed by atoms with E-state index in [0.29, 0.717) is 11.3 Å². The van der Waals surface area contributed by atoms with Gasteiger partial charge in [0.05, 0.1) is 6.42 Å². The largest absolute Gasteiger partial charge is 0.483 e. The van der Waals surface area contributed by atoms with Crippen LogP contribution in [0.4, 0.5) is 0 Å². The summed E-state index contributed by atoms with van der Waals surface area (Å²) in [6.45, 7) is 0.931. The number of hydrogen-bond donors (Lipinski definition) is 3. The van der Waals surface area contributed by atoms with Gasteiger partial charge in [0.25, 0.3) is 5.91 Å². The first-order valence-electron chi connectivity index (χ1n) is 5.47. The molecule has 19 heavy (non-hydrogen) atoms. The minimum atomic E-state index is -0.987. The van der Waals surface area contributed by atoms with Crippen LogP contribution in [0, 0.1) is 0 Å². The number of hydrogen-bond acceptors (Lipinski definition) is 4. The average molecular weight is 266 g/mol. The van der Waals surface area contributed by atoms with Crippen LogP contribution in [0.3, 0.4) is 0 Å². The Morgan fingerprint density at radius 2 is 1.89 bits per heavy atom. The van der Waals surface area contributed by atoms with E-state index in [9.17, 15) is 14.4 Å². The highest BCUT2D eigenvalue weighted by Gasteiger charge is 2.09. The van der Waals surface area contributed by atoms with Crippen LogP contribution >= 0.6 is 0 Å². The Labute approximate surface area is 109 Å². The Kier molecular flexibility index (Phi) is 5.34. The van der Waals surface area contributed by atoms with E-state index in [0.717, 1.165) is 0 Å². The summed E-state index contributed by atoms with van der Waals surface area (Å²) in [6, 6.07) is 6.54. The van der Waals surface area contributed by atoms with Gasteiger partial charge in [0.1, 0.15) is 5.75 Å². The SMILES string of the molecule is CC(=O)NNC(=O)COc1ccccc1CC(=O)O. The number of carbonyl (C=O) groups is 3. The molecule has 0 saturated heterocycles. The maximum absolute atomic E-state index is 11.3. The summed E-state index contributed by atoms with van der Waals surface area (Å²) in [7, 11) is 0. The van der Waals surface area contributed by atoms with E-state index in [1.54, 1.807) is 24.3 Å². The lowest BCUT2D eigenvalue weighted by molar-refractivity contribution is -0.136. The number of carboxylic acids is 1. The van der Waals surface area contributed by atoms with Gasteiger partial charge in [-0.3, -0.25) is 25.2 Å². The molecule has 0 aliphatic heterocycles. The van der Waals surface area contributed by atoms with Crippen LogP contribution in [0.25, 0.3) is 0 Å². The van der Waals surface area contributed by atoms with Crippen LogP contribution in [0.15, 0.2) is 24.3 Å². The number of para-hydroxylation sites is 1. The second kappa shape index (κ2) is 7.00. The standard InChI is InChI=1S/C12H14N2O5/c1-8(15)13-14-11(16)7-19-10-5-3-2-4-9(10)6-12(17)18/h2-5H,6-7H2,1H3,(H,13,15)(H,14,16)(H,17,18). The second-order valence-electron chi connectivity index (χ2n) is 3.70. The van der Waals surface area contributed by atoms with Gasteiger partial charge in [0.2, 0.25) is 5.91 Å². The third-order valence-electron chi connectivity index (χ3n) is 2.05. The lowest BCUT2D eigenvalue weighted by Crippen LogP contribution is -2.42. The normalized spacial score (nSPS) is 9.53. The predicted molar refractivity (Wildman–Crippen MR) is 65.2 cm³/mol. The summed E-state index contributed by atoms with van der Waals surface area (Å²) < 4.78 is 5.21. The summed E-state index contributed by atoms with van der Waals surface area (Å²) in [4.78, 5) is 32.5. The van der Waals surface area contributed by atoms with Gasteiger partial charge in [-0.1, -0.05) is 18.2 Å². The molecular formula is C12H14N2O5. The number of amides is 2. The number of carbonyl (C=O) groups excluding carboxylic acids is 2. The van der Waals surface area contributed by atoms with E-state index in [1.807, 2.05) is 0 Å². The van der Waals surface area contributed by atoms with E-state index in [4.69, 9.17) is 9.84 Å². The zero-order valence-electron chi connectivity index (χ0n) is 10.3. The molecule has 7 nitrogen and oxygen atoms in total. The molecule has 0 bridgehead atoms. The molecule has 0 spiro atoms. The van der Waals surface area contributed by atoms with Gasteiger partial charge in [0, 0.05) is 12.5 Å². The highest BCUT2D eigenvalue weighted by Crippen LogP contribution is 2.18. The number of ether oxygens (including phenoxy) is 1. The van der Waals surface area contributed by atoms with Crippen molar-refractivity contribution in [2.75, 3.05) is 6.61 Å². The number of aliphatic carboxylic acids is 1. The van der Waals surface area contributed by atoms with Gasteiger partial charge in [-0.25, -0.2) is 0 Å². The first kappa shape index (κ1) is 14.5. The molecule has 0 aromatic heterocycles. The zero-order chi connectivity index (χ0) is 14.3. The summed E-state index contributed by atoms with van der Waals surface area (Å²) in [5.74, 6) is -1.61. The van der Waals surface area contributed by atoms with Gasteiger partial charge in [0.15, 0.2) is 6.61 Å². The minimum absolute atomic E-state index is 0.191. The molecule has 1 rings (SSSR count). The number of rotatable bonds is 5. The fourth-order valence-electron chi connectivity index (χ4n) is 1.29. The third kappa shape index (κ3) is 5.53. The molecule has 1 aromatic carbocycles. The van der Waals surface area contributed by atoms with Crippen molar-refractivity contribution >= 4 is 17.8 Å². The first-order chi connectivity index (χ1) is 8.99. The second-order valence-corrected chi connectivity index (χ2v) is 3.70. The Morgan fingerprint density at radius 1 is 1.21 bits per heavy atom. The molecule has 0 aliphatic carbocycles. The van der Waals surface area contributed by atoms with Crippen LogP contribution in [0.2, 0.25) is 0 Å². The Bertz CT molecular complexity index is 487. The maximum Gasteiger partial charge on any atom is 0.307 e. The molecule has 2 amide bonds. The molecule has 3 N–H and O–H groups in total. The molecule has 0 heterocycles. The molecule has 0 aliphatic rings. The summed E-state index contributed by atoms with van der Waals surface area (Å²) in [6.07, 6.45) is -0.191. The van der Waals surface area contributed by atoms with Gasteiger partial charge >= 0.3 is 5.97 Å². The Balaban J connectivity index is 2.55. The predicted octanol–water partition coefficient (Wildman–Crippen LogP) is -0.140. The molecule has 0 unspecified atom stereocenters. The van der Waals surface area contributed by atoms with E-state index in [2.05, 4.69) is 10.9 Å². The number of carboxylic acid groups (broad SMARTS) is 1. The van der Waals surface area contributed by atoms with Crippen molar-refractivity contribution in [3.63, 3.8) is 0 Å². The van der Waals surface area contributed by atoms with E-state index in [-0.39, 0.29) is 13.0 Å². The molecule has 0 atom stereocenters. The Morgan fingerprint density at radius 3 is 2.53 bits per heavy atom. The molecule has 0 saturated carbocycles. The number of nitrogens with one attached hydrogen (secondary N) is 2. The Hall–Kier alpha value is -2.57. The van der Waals surface area contributed by atoms with Gasteiger partial charge in [-0.05, 0) is 6.07 Å². The quantitative estimate of drug-likeness (QED) is 0.643. The lowest BCUT2D eigenvalue weighted by atomic mass is 10.1. The fraction of sp³-hybridized carbons (Fsp3) is 0.250. The van der Waals surface area contributed by atoms with Gasteiger partial charge in [-0.2, -0.15) is 0 Å². The third-order valence-corrected chi connectivity index (χ3v) is 2.05. The van der Waals surface area contributed by atoms with Crippen LogP contribution in [-0.4, -0.2) is 29.5 Å². The van der Waals surface area contributed by atoms with Crippen LogP contribution in [-0.2, 0) is 20.8 Å². The monoisotopic (exact) mass is 266 g/mol. The smallest absolute Gasteiger partial charge is 0.307 e. The highest BCUT2D eigenvalue weighted by atomic mass is 16.5. The number of hydrazine groups is 1. The average Bonchev–Trinajstić information content (AvgIpc) is 2.34. The van der Waals surface area contributed by atoms with Crippen molar-refractivity contribution < 1.29 is 24.2 Å². The zero-order valence-corrected chi connectivity index (χ0v) is 10.3.